The molecule has 8 nitrogen and oxygen atoms in total. The molecule has 200 valence electrons. The monoisotopic (exact) mass is 537 g/mol. The molecule has 2 aromatic carbocycles. The van der Waals surface area contributed by atoms with Gasteiger partial charge in [-0.1, -0.05) is 32.0 Å². The van der Waals surface area contributed by atoms with E-state index in [9.17, 15) is 18.2 Å². The Morgan fingerprint density at radius 1 is 1.05 bits per heavy atom. The molecule has 0 aliphatic heterocycles. The summed E-state index contributed by atoms with van der Waals surface area (Å²) in [6, 6.07) is 11.9. The minimum absolute atomic E-state index is 0.0356. The number of fused-ring (bicyclic) bond motifs is 1. The van der Waals surface area contributed by atoms with Crippen LogP contribution in [0.15, 0.2) is 52.1 Å². The summed E-state index contributed by atoms with van der Waals surface area (Å²) in [5.41, 5.74) is 2.88. The molecule has 0 amide bonds. The molecule has 38 heavy (non-hydrogen) atoms. The second-order valence-electron chi connectivity index (χ2n) is 9.16. The van der Waals surface area contributed by atoms with Gasteiger partial charge < -0.3 is 14.6 Å². The zero-order chi connectivity index (χ0) is 27.7. The Morgan fingerprint density at radius 2 is 1.76 bits per heavy atom. The Balaban J connectivity index is 0.00000164. The lowest BCUT2D eigenvalue weighted by Gasteiger charge is -2.19. The normalized spacial score (nSPS) is 13.6. The summed E-state index contributed by atoms with van der Waals surface area (Å²) < 4.78 is 32.3. The fourth-order valence-corrected chi connectivity index (χ4v) is 4.86. The zero-order valence-electron chi connectivity index (χ0n) is 22.4. The van der Waals surface area contributed by atoms with Crippen molar-refractivity contribution >= 4 is 39.0 Å². The zero-order valence-corrected chi connectivity index (χ0v) is 23.2. The Labute approximate surface area is 223 Å². The van der Waals surface area contributed by atoms with Crippen molar-refractivity contribution in [2.75, 3.05) is 16.3 Å². The SMILES string of the molecule is CC.Cc1ccc(Nc2c(C)c(=O)n(C)c3c(-c4cccc(NS(C)=O)c4)nn(C4CC4)c(=O)c23)c(F)c1. The first kappa shape index (κ1) is 27.3. The van der Waals surface area contributed by atoms with Gasteiger partial charge in [0, 0.05) is 30.1 Å². The number of benzene rings is 2. The van der Waals surface area contributed by atoms with Crippen LogP contribution in [-0.4, -0.2) is 24.8 Å². The van der Waals surface area contributed by atoms with Crippen LogP contribution in [-0.2, 0) is 18.0 Å². The maximum absolute atomic E-state index is 14.8. The average Bonchev–Trinajstić information content (AvgIpc) is 3.73. The molecule has 1 atom stereocenters. The van der Waals surface area contributed by atoms with E-state index in [4.69, 9.17) is 5.10 Å². The molecule has 0 bridgehead atoms. The van der Waals surface area contributed by atoms with E-state index < -0.39 is 16.8 Å². The third kappa shape index (κ3) is 5.13. The van der Waals surface area contributed by atoms with E-state index in [-0.39, 0.29) is 33.9 Å². The Morgan fingerprint density at radius 3 is 2.39 bits per heavy atom. The van der Waals surface area contributed by atoms with E-state index in [2.05, 4.69) is 10.0 Å². The molecule has 2 heterocycles. The van der Waals surface area contributed by atoms with Gasteiger partial charge in [0.15, 0.2) is 0 Å². The van der Waals surface area contributed by atoms with Crippen LogP contribution in [0.2, 0.25) is 0 Å². The van der Waals surface area contributed by atoms with Gasteiger partial charge in [0.05, 0.1) is 28.3 Å². The van der Waals surface area contributed by atoms with Crippen molar-refractivity contribution in [3.8, 4) is 11.3 Å². The van der Waals surface area contributed by atoms with Crippen molar-refractivity contribution < 1.29 is 8.60 Å². The van der Waals surface area contributed by atoms with Crippen LogP contribution in [0.3, 0.4) is 0 Å². The highest BCUT2D eigenvalue weighted by atomic mass is 32.2. The minimum Gasteiger partial charge on any atom is -0.352 e. The molecule has 4 aromatic rings. The number of anilines is 3. The van der Waals surface area contributed by atoms with Crippen LogP contribution in [0, 0.1) is 19.7 Å². The third-order valence-corrected chi connectivity index (χ3v) is 6.87. The first-order chi connectivity index (χ1) is 18.2. The molecule has 1 aliphatic rings. The van der Waals surface area contributed by atoms with Crippen LogP contribution in [0.5, 0.6) is 0 Å². The number of aromatic nitrogens is 3. The van der Waals surface area contributed by atoms with E-state index in [0.717, 1.165) is 18.4 Å². The smallest absolute Gasteiger partial charge is 0.278 e. The van der Waals surface area contributed by atoms with Crippen LogP contribution in [0.1, 0.15) is 43.9 Å². The molecule has 1 unspecified atom stereocenters. The topological polar surface area (TPSA) is 98.0 Å². The second kappa shape index (κ2) is 10.9. The highest BCUT2D eigenvalue weighted by molar-refractivity contribution is 7.85. The largest absolute Gasteiger partial charge is 0.352 e. The van der Waals surface area contributed by atoms with Crippen molar-refractivity contribution in [1.29, 1.82) is 0 Å². The predicted octanol–water partition coefficient (Wildman–Crippen LogP) is 5.33. The molecular weight excluding hydrogens is 505 g/mol. The van der Waals surface area contributed by atoms with Gasteiger partial charge in [-0.3, -0.25) is 9.59 Å². The van der Waals surface area contributed by atoms with Crippen LogP contribution in [0.4, 0.5) is 21.5 Å². The molecule has 1 aliphatic carbocycles. The average molecular weight is 538 g/mol. The molecule has 10 heteroatoms. The van der Waals surface area contributed by atoms with Gasteiger partial charge in [-0.2, -0.15) is 5.10 Å². The number of halogens is 1. The van der Waals surface area contributed by atoms with Crippen LogP contribution >= 0.6 is 0 Å². The first-order valence-electron chi connectivity index (χ1n) is 12.6. The van der Waals surface area contributed by atoms with Gasteiger partial charge >= 0.3 is 0 Å². The van der Waals surface area contributed by atoms with Crippen molar-refractivity contribution in [3.63, 3.8) is 0 Å². The predicted molar refractivity (Wildman–Crippen MR) is 153 cm³/mol. The maximum Gasteiger partial charge on any atom is 0.278 e. The molecule has 2 aromatic heterocycles. The van der Waals surface area contributed by atoms with E-state index in [0.29, 0.717) is 28.0 Å². The van der Waals surface area contributed by atoms with E-state index in [1.165, 1.54) is 21.6 Å². The lowest BCUT2D eigenvalue weighted by molar-refractivity contribution is 0.607. The van der Waals surface area contributed by atoms with Crippen LogP contribution < -0.4 is 21.2 Å². The standard InChI is InChI=1S/C26H26FN5O3S.C2H6/c1-14-8-11-20(19(27)12-14)28-22-15(2)25(33)31(3)24-21(22)26(34)32(18-9-10-18)29-23(24)16-6-5-7-17(13-16)30-36(4)35;1-2/h5-8,11-13,18,28,30H,9-10H2,1-4H3;1-2H3. The molecule has 5 rings (SSSR count). The lowest BCUT2D eigenvalue weighted by Crippen LogP contribution is -2.29. The number of rotatable bonds is 6. The summed E-state index contributed by atoms with van der Waals surface area (Å²) in [5.74, 6) is -0.480. The number of pyridine rings is 1. The maximum atomic E-state index is 14.8. The Hall–Kier alpha value is -3.79. The number of hydrogen-bond acceptors (Lipinski definition) is 5. The summed E-state index contributed by atoms with van der Waals surface area (Å²) >= 11 is 0. The molecule has 1 fully saturated rings. The van der Waals surface area contributed by atoms with Crippen molar-refractivity contribution in [1.82, 2.24) is 14.3 Å². The molecule has 0 radical (unpaired) electrons. The molecular formula is C28H32FN5O3S. The van der Waals surface area contributed by atoms with E-state index >= 15 is 0 Å². The van der Waals surface area contributed by atoms with Gasteiger partial charge in [0.1, 0.15) is 22.5 Å². The fourth-order valence-electron chi connectivity index (χ4n) is 4.40. The van der Waals surface area contributed by atoms with Crippen molar-refractivity contribution in [2.45, 2.75) is 46.6 Å². The third-order valence-electron chi connectivity index (χ3n) is 6.35. The minimum atomic E-state index is -1.28. The highest BCUT2D eigenvalue weighted by Gasteiger charge is 2.30. The first-order valence-corrected chi connectivity index (χ1v) is 14.1. The Bertz CT molecular complexity index is 1670. The van der Waals surface area contributed by atoms with Gasteiger partial charge in [0.25, 0.3) is 11.1 Å². The lowest BCUT2D eigenvalue weighted by atomic mass is 10.0. The molecule has 0 saturated heterocycles. The summed E-state index contributed by atoms with van der Waals surface area (Å²) in [6.07, 6.45) is 3.19. The van der Waals surface area contributed by atoms with Crippen molar-refractivity contribution in [3.05, 3.63) is 80.1 Å². The second-order valence-corrected chi connectivity index (χ2v) is 10.3. The van der Waals surface area contributed by atoms with Gasteiger partial charge in [-0.15, -0.1) is 0 Å². The number of aryl methyl sites for hydroxylation is 2. The highest BCUT2D eigenvalue weighted by Crippen LogP contribution is 2.37. The quantitative estimate of drug-likeness (QED) is 0.347. The van der Waals surface area contributed by atoms with E-state index in [1.54, 1.807) is 51.2 Å². The summed E-state index contributed by atoms with van der Waals surface area (Å²) in [5, 5.41) is 8.01. The number of hydrogen-bond donors (Lipinski definition) is 2. The molecule has 0 spiro atoms. The van der Waals surface area contributed by atoms with E-state index in [1.807, 2.05) is 19.9 Å². The molecule has 2 N–H and O–H groups in total. The number of nitrogens with zero attached hydrogens (tertiary/aromatic N) is 3. The number of nitrogens with one attached hydrogen (secondary N) is 2. The fraction of sp³-hybridized carbons (Fsp3) is 0.321. The van der Waals surface area contributed by atoms with Crippen molar-refractivity contribution in [2.24, 2.45) is 7.05 Å². The summed E-state index contributed by atoms with van der Waals surface area (Å²) in [4.78, 5) is 27.1. The Kier molecular flexibility index (Phi) is 7.82. The summed E-state index contributed by atoms with van der Waals surface area (Å²) in [7, 11) is 0.319. The molecule has 1 saturated carbocycles. The van der Waals surface area contributed by atoms with Gasteiger partial charge in [0.2, 0.25) is 0 Å². The van der Waals surface area contributed by atoms with Crippen LogP contribution in [0.25, 0.3) is 22.2 Å². The van der Waals surface area contributed by atoms with Gasteiger partial charge in [-0.05, 0) is 56.5 Å². The summed E-state index contributed by atoms with van der Waals surface area (Å²) in [6.45, 7) is 7.41. The van der Waals surface area contributed by atoms with Gasteiger partial charge in [-0.25, -0.2) is 13.3 Å².